The Bertz CT molecular complexity index is 464. The van der Waals surface area contributed by atoms with Crippen LogP contribution in [-0.2, 0) is 0 Å². The fourth-order valence-electron chi connectivity index (χ4n) is 1.47. The van der Waals surface area contributed by atoms with Gasteiger partial charge in [-0.05, 0) is 31.1 Å². The summed E-state index contributed by atoms with van der Waals surface area (Å²) in [6.45, 7) is 0. The van der Waals surface area contributed by atoms with E-state index in [1.807, 2.05) is 18.2 Å². The van der Waals surface area contributed by atoms with E-state index in [1.165, 1.54) is 0 Å². The first kappa shape index (κ1) is 10.6. The number of allylic oxidation sites excluding steroid dienone is 3. The first-order chi connectivity index (χ1) is 7.88. The number of nitrogens with zero attached hydrogens (tertiary/aromatic N) is 2. The van der Waals surface area contributed by atoms with E-state index in [4.69, 9.17) is 4.42 Å². The van der Waals surface area contributed by atoms with Gasteiger partial charge in [-0.3, -0.25) is 9.98 Å². The van der Waals surface area contributed by atoms with Crippen molar-refractivity contribution in [2.45, 2.75) is 12.8 Å². The molecule has 0 radical (unpaired) electrons. The van der Waals surface area contributed by atoms with Gasteiger partial charge in [-0.1, -0.05) is 12.2 Å². The molecule has 1 aromatic heterocycles. The van der Waals surface area contributed by atoms with Gasteiger partial charge in [-0.15, -0.1) is 0 Å². The highest BCUT2D eigenvalue weighted by Gasteiger charge is 1.97. The number of rotatable bonds is 3. The zero-order valence-electron chi connectivity index (χ0n) is 9.26. The predicted octanol–water partition coefficient (Wildman–Crippen LogP) is 2.98. The van der Waals surface area contributed by atoms with Crippen molar-refractivity contribution in [3.63, 3.8) is 0 Å². The summed E-state index contributed by atoms with van der Waals surface area (Å²) in [5, 5.41) is 0. The van der Waals surface area contributed by atoms with Gasteiger partial charge in [0.05, 0.1) is 18.1 Å². The molecule has 0 spiro atoms. The van der Waals surface area contributed by atoms with Crippen LogP contribution < -0.4 is 0 Å². The maximum absolute atomic E-state index is 5.47. The molecule has 16 heavy (non-hydrogen) atoms. The first-order valence-electron chi connectivity index (χ1n) is 5.31. The van der Waals surface area contributed by atoms with Crippen LogP contribution in [0.4, 0.5) is 0 Å². The fraction of sp³-hybridized carbons (Fsp3) is 0.231. The third kappa shape index (κ3) is 2.79. The van der Waals surface area contributed by atoms with Gasteiger partial charge >= 0.3 is 0 Å². The van der Waals surface area contributed by atoms with Crippen molar-refractivity contribution >= 4 is 12.4 Å². The average Bonchev–Trinajstić information content (AvgIpc) is 2.76. The van der Waals surface area contributed by atoms with Gasteiger partial charge in [0.25, 0.3) is 0 Å². The summed E-state index contributed by atoms with van der Waals surface area (Å²) in [4.78, 5) is 8.22. The molecule has 2 rings (SSSR count). The number of hydrogen-bond donors (Lipinski definition) is 0. The summed E-state index contributed by atoms with van der Waals surface area (Å²) in [5.74, 6) is 1.49. The summed E-state index contributed by atoms with van der Waals surface area (Å²) in [6, 6.07) is 3.76. The molecule has 3 nitrogen and oxygen atoms in total. The van der Waals surface area contributed by atoms with Gasteiger partial charge in [0.1, 0.15) is 11.5 Å². The highest BCUT2D eigenvalue weighted by Crippen LogP contribution is 2.11. The smallest absolute Gasteiger partial charge is 0.145 e. The van der Waals surface area contributed by atoms with Crippen LogP contribution in [0.15, 0.2) is 50.5 Å². The first-order valence-corrected chi connectivity index (χ1v) is 5.31. The summed E-state index contributed by atoms with van der Waals surface area (Å²) in [6.07, 6.45) is 11.9. The molecule has 0 unspecified atom stereocenters. The Hall–Kier alpha value is -1.90. The van der Waals surface area contributed by atoms with Crippen LogP contribution in [-0.4, -0.2) is 19.5 Å². The quantitative estimate of drug-likeness (QED) is 0.713. The predicted molar refractivity (Wildman–Crippen MR) is 66.3 cm³/mol. The molecule has 1 aliphatic rings. The van der Waals surface area contributed by atoms with Crippen molar-refractivity contribution in [3.8, 4) is 0 Å². The Balaban J connectivity index is 2.05. The molecule has 3 heteroatoms. The Morgan fingerprint density at radius 2 is 2.00 bits per heavy atom. The van der Waals surface area contributed by atoms with E-state index in [9.17, 15) is 0 Å². The molecule has 1 aliphatic carbocycles. The highest BCUT2D eigenvalue weighted by atomic mass is 16.3. The average molecular weight is 214 g/mol. The third-order valence-corrected chi connectivity index (χ3v) is 2.22. The molecule has 82 valence electrons. The lowest BCUT2D eigenvalue weighted by Gasteiger charge is -1.99. The normalized spacial score (nSPS) is 16.2. The van der Waals surface area contributed by atoms with Crippen LogP contribution in [0.25, 0.3) is 0 Å². The lowest BCUT2D eigenvalue weighted by Crippen LogP contribution is -1.83. The van der Waals surface area contributed by atoms with Crippen molar-refractivity contribution in [2.75, 3.05) is 7.05 Å². The van der Waals surface area contributed by atoms with Crippen LogP contribution in [0, 0.1) is 0 Å². The summed E-state index contributed by atoms with van der Waals surface area (Å²) >= 11 is 0. The molecule has 0 N–H and O–H groups in total. The molecule has 1 aromatic rings. The van der Waals surface area contributed by atoms with Crippen molar-refractivity contribution < 1.29 is 4.42 Å². The zero-order valence-corrected chi connectivity index (χ0v) is 9.26. The van der Waals surface area contributed by atoms with E-state index in [0.29, 0.717) is 0 Å². The van der Waals surface area contributed by atoms with E-state index in [2.05, 4.69) is 22.1 Å². The largest absolute Gasteiger partial charge is 0.454 e. The molecule has 0 atom stereocenters. The van der Waals surface area contributed by atoms with E-state index < -0.39 is 0 Å². The summed E-state index contributed by atoms with van der Waals surface area (Å²) < 4.78 is 5.47. The Morgan fingerprint density at radius 3 is 2.69 bits per heavy atom. The lowest BCUT2D eigenvalue weighted by atomic mass is 10.1. The monoisotopic (exact) mass is 214 g/mol. The fourth-order valence-corrected chi connectivity index (χ4v) is 1.47. The van der Waals surface area contributed by atoms with Crippen LogP contribution in [0.2, 0.25) is 0 Å². The zero-order chi connectivity index (χ0) is 11.2. The van der Waals surface area contributed by atoms with Gasteiger partial charge in [-0.25, -0.2) is 0 Å². The van der Waals surface area contributed by atoms with Gasteiger partial charge < -0.3 is 4.42 Å². The van der Waals surface area contributed by atoms with Crippen LogP contribution in [0.5, 0.6) is 0 Å². The topological polar surface area (TPSA) is 37.9 Å². The van der Waals surface area contributed by atoms with E-state index >= 15 is 0 Å². The van der Waals surface area contributed by atoms with Gasteiger partial charge in [-0.2, -0.15) is 0 Å². The minimum Gasteiger partial charge on any atom is -0.454 e. The maximum atomic E-state index is 5.47. The van der Waals surface area contributed by atoms with E-state index in [-0.39, 0.29) is 0 Å². The van der Waals surface area contributed by atoms with Crippen LogP contribution >= 0.6 is 0 Å². The third-order valence-electron chi connectivity index (χ3n) is 2.22. The number of furan rings is 1. The van der Waals surface area contributed by atoms with Crippen molar-refractivity contribution in [1.29, 1.82) is 0 Å². The Labute approximate surface area is 94.9 Å². The Kier molecular flexibility index (Phi) is 3.49. The second-order valence-electron chi connectivity index (χ2n) is 3.49. The molecule has 0 aromatic carbocycles. The molecular weight excluding hydrogens is 200 g/mol. The molecule has 0 fully saturated rings. The Morgan fingerprint density at radius 1 is 1.19 bits per heavy atom. The highest BCUT2D eigenvalue weighted by molar-refractivity contribution is 5.81. The summed E-state index contributed by atoms with van der Waals surface area (Å²) in [5.41, 5.74) is 0.994. The molecular formula is C13H14N2O. The molecule has 0 bridgehead atoms. The minimum atomic E-state index is 0.745. The van der Waals surface area contributed by atoms with Gasteiger partial charge in [0, 0.05) is 7.05 Å². The molecule has 1 heterocycles. The maximum Gasteiger partial charge on any atom is 0.145 e. The second kappa shape index (κ2) is 5.26. The van der Waals surface area contributed by atoms with Crippen LogP contribution in [0.3, 0.4) is 0 Å². The van der Waals surface area contributed by atoms with E-state index in [0.717, 1.165) is 30.1 Å². The van der Waals surface area contributed by atoms with E-state index in [1.54, 1.807) is 19.5 Å². The number of aliphatic imine (C=N–C) groups is 2. The van der Waals surface area contributed by atoms with Gasteiger partial charge in [0.15, 0.2) is 0 Å². The lowest BCUT2D eigenvalue weighted by molar-refractivity contribution is 0.553. The molecule has 0 saturated carbocycles. The minimum absolute atomic E-state index is 0.745. The number of hydrogen-bond acceptors (Lipinski definition) is 3. The van der Waals surface area contributed by atoms with Crippen molar-refractivity contribution in [3.05, 3.63) is 47.6 Å². The van der Waals surface area contributed by atoms with Crippen LogP contribution in [0.1, 0.15) is 24.4 Å². The molecule has 0 aliphatic heterocycles. The summed E-state index contributed by atoms with van der Waals surface area (Å²) in [7, 11) is 1.72. The molecule has 0 saturated heterocycles. The SMILES string of the molecule is CN=Cc1ccc(C=NC2=CCCC=C2)o1. The second-order valence-corrected chi connectivity index (χ2v) is 3.49. The van der Waals surface area contributed by atoms with Gasteiger partial charge in [0.2, 0.25) is 0 Å². The van der Waals surface area contributed by atoms with Crippen molar-refractivity contribution in [1.82, 2.24) is 0 Å². The standard InChI is InChI=1S/C13H14N2O/c1-14-9-12-7-8-13(16-12)10-15-11-5-3-2-4-6-11/h3,5-10H,2,4H2,1H3. The van der Waals surface area contributed by atoms with Crippen molar-refractivity contribution in [2.24, 2.45) is 9.98 Å². The molecule has 0 amide bonds.